The third-order valence-electron chi connectivity index (χ3n) is 5.37. The van der Waals surface area contributed by atoms with Crippen molar-refractivity contribution in [2.24, 2.45) is 5.92 Å². The molecule has 1 aromatic carbocycles. The lowest BCUT2D eigenvalue weighted by molar-refractivity contribution is -0.144. The molecular formula is C21H18F4N4O2S. The van der Waals surface area contributed by atoms with Crippen molar-refractivity contribution in [3.8, 4) is 10.4 Å². The molecule has 2 aromatic heterocycles. The number of nitrogens with zero attached hydrogens (tertiary/aromatic N) is 3. The summed E-state index contributed by atoms with van der Waals surface area (Å²) in [4.78, 5) is 23.3. The third kappa shape index (κ3) is 4.72. The number of aliphatic carboxylic acids is 1. The van der Waals surface area contributed by atoms with Gasteiger partial charge in [0.1, 0.15) is 10.7 Å². The number of hydrogen-bond acceptors (Lipinski definition) is 6. The Morgan fingerprint density at radius 1 is 1.19 bits per heavy atom. The first kappa shape index (κ1) is 22.1. The van der Waals surface area contributed by atoms with Crippen LogP contribution in [0, 0.1) is 5.92 Å². The number of thiazole rings is 1. The monoisotopic (exact) mass is 466 g/mol. The number of carboxylic acid groups (broad SMARTS) is 1. The molecule has 1 fully saturated rings. The number of nitrogens with one attached hydrogen (secondary N) is 1. The minimum absolute atomic E-state index is 0.103. The number of halogens is 4. The van der Waals surface area contributed by atoms with Crippen molar-refractivity contribution in [2.45, 2.75) is 37.5 Å². The summed E-state index contributed by atoms with van der Waals surface area (Å²) in [6.07, 6.45) is -1.28. The van der Waals surface area contributed by atoms with E-state index in [4.69, 9.17) is 5.11 Å². The predicted octanol–water partition coefficient (Wildman–Crippen LogP) is 5.80. The zero-order valence-electron chi connectivity index (χ0n) is 16.6. The van der Waals surface area contributed by atoms with Gasteiger partial charge in [-0.3, -0.25) is 4.79 Å². The smallest absolute Gasteiger partial charge is 0.433 e. The predicted molar refractivity (Wildman–Crippen MR) is 110 cm³/mol. The topological polar surface area (TPSA) is 88.0 Å². The van der Waals surface area contributed by atoms with Crippen LogP contribution in [0.25, 0.3) is 10.4 Å². The molecular weight excluding hydrogens is 448 g/mol. The highest BCUT2D eigenvalue weighted by atomic mass is 32.1. The Balaban J connectivity index is 1.51. The standard InChI is InChI=1S/C21H18F4N4O2S/c22-20(7-4-12(5-8-20)17(30)31)18-27-11-15(32-18)13-2-1-3-14(10-13)28-19-26-9-6-16(29-19)21(23,24)25/h1-3,6,9-12H,4-5,7-8H2,(H,30,31)(H,26,28,29)/t12-,20-. The Morgan fingerprint density at radius 3 is 2.62 bits per heavy atom. The Kier molecular flexibility index (Phi) is 5.85. The molecule has 0 saturated heterocycles. The molecule has 168 valence electrons. The molecule has 0 aliphatic heterocycles. The van der Waals surface area contributed by atoms with E-state index in [9.17, 15) is 18.0 Å². The van der Waals surface area contributed by atoms with Gasteiger partial charge in [0, 0.05) is 18.1 Å². The summed E-state index contributed by atoms with van der Waals surface area (Å²) in [6, 6.07) is 7.61. The van der Waals surface area contributed by atoms with Crippen LogP contribution in [0.2, 0.25) is 0 Å². The lowest BCUT2D eigenvalue weighted by Gasteiger charge is -2.30. The second-order valence-electron chi connectivity index (χ2n) is 7.58. The molecule has 1 saturated carbocycles. The van der Waals surface area contributed by atoms with Gasteiger partial charge in [0.2, 0.25) is 5.95 Å². The first-order chi connectivity index (χ1) is 15.1. The van der Waals surface area contributed by atoms with E-state index in [1.165, 1.54) is 11.3 Å². The summed E-state index contributed by atoms with van der Waals surface area (Å²) < 4.78 is 54.0. The molecule has 1 aliphatic rings. The number of carboxylic acids is 1. The summed E-state index contributed by atoms with van der Waals surface area (Å²) in [7, 11) is 0. The third-order valence-corrected chi connectivity index (χ3v) is 6.59. The van der Waals surface area contributed by atoms with Crippen molar-refractivity contribution in [2.75, 3.05) is 5.32 Å². The molecule has 2 heterocycles. The van der Waals surface area contributed by atoms with Gasteiger partial charge in [-0.2, -0.15) is 13.2 Å². The number of aromatic nitrogens is 3. The van der Waals surface area contributed by atoms with Gasteiger partial charge in [-0.1, -0.05) is 12.1 Å². The van der Waals surface area contributed by atoms with Crippen molar-refractivity contribution in [1.82, 2.24) is 15.0 Å². The highest BCUT2D eigenvalue weighted by Gasteiger charge is 2.41. The zero-order chi connectivity index (χ0) is 22.9. The molecule has 0 bridgehead atoms. The van der Waals surface area contributed by atoms with Gasteiger partial charge in [0.05, 0.1) is 10.8 Å². The largest absolute Gasteiger partial charge is 0.481 e. The second-order valence-corrected chi connectivity index (χ2v) is 8.61. The number of alkyl halides is 4. The first-order valence-corrected chi connectivity index (χ1v) is 10.6. The minimum Gasteiger partial charge on any atom is -0.481 e. The number of anilines is 2. The van der Waals surface area contributed by atoms with Gasteiger partial charge in [0.25, 0.3) is 0 Å². The van der Waals surface area contributed by atoms with Crippen LogP contribution in [0.4, 0.5) is 29.2 Å². The van der Waals surface area contributed by atoms with E-state index >= 15 is 4.39 Å². The fourth-order valence-electron chi connectivity index (χ4n) is 3.61. The van der Waals surface area contributed by atoms with E-state index in [2.05, 4.69) is 20.3 Å². The Hall–Kier alpha value is -3.08. The minimum atomic E-state index is -4.58. The van der Waals surface area contributed by atoms with Crippen LogP contribution in [-0.4, -0.2) is 26.0 Å². The molecule has 0 atom stereocenters. The van der Waals surface area contributed by atoms with Crippen LogP contribution in [0.15, 0.2) is 42.7 Å². The van der Waals surface area contributed by atoms with Gasteiger partial charge >= 0.3 is 12.1 Å². The second kappa shape index (κ2) is 8.45. The molecule has 0 unspecified atom stereocenters. The van der Waals surface area contributed by atoms with Crippen molar-refractivity contribution >= 4 is 28.9 Å². The fourth-order valence-corrected chi connectivity index (χ4v) is 4.66. The average molecular weight is 466 g/mol. The Labute approximate surface area is 184 Å². The Morgan fingerprint density at radius 2 is 1.94 bits per heavy atom. The van der Waals surface area contributed by atoms with E-state index < -0.39 is 29.4 Å². The molecule has 4 rings (SSSR count). The number of rotatable bonds is 5. The number of hydrogen-bond donors (Lipinski definition) is 2. The molecule has 2 N–H and O–H groups in total. The maximum atomic E-state index is 15.4. The molecule has 6 nitrogen and oxygen atoms in total. The van der Waals surface area contributed by atoms with E-state index in [0.29, 0.717) is 21.1 Å². The summed E-state index contributed by atoms with van der Waals surface area (Å²) in [5, 5.41) is 12.2. The summed E-state index contributed by atoms with van der Waals surface area (Å²) in [5.41, 5.74) is -1.54. The molecule has 32 heavy (non-hydrogen) atoms. The van der Waals surface area contributed by atoms with Crippen LogP contribution in [-0.2, 0) is 16.6 Å². The Bertz CT molecular complexity index is 1130. The normalized spacial score (nSPS) is 21.3. The SMILES string of the molecule is O=C(O)[C@H]1CC[C@@](F)(c2ncc(-c3cccc(Nc4nccc(C(F)(F)F)n4)c3)s2)CC1. The van der Waals surface area contributed by atoms with Crippen LogP contribution < -0.4 is 5.32 Å². The quantitative estimate of drug-likeness (QED) is 0.462. The van der Waals surface area contributed by atoms with Gasteiger partial charge in [-0.05, 0) is 49.4 Å². The summed E-state index contributed by atoms with van der Waals surface area (Å²) in [5.74, 6) is -1.63. The molecule has 1 aliphatic carbocycles. The lowest BCUT2D eigenvalue weighted by atomic mass is 9.80. The molecule has 11 heteroatoms. The van der Waals surface area contributed by atoms with Gasteiger partial charge in [-0.15, -0.1) is 11.3 Å². The molecule has 0 radical (unpaired) electrons. The van der Waals surface area contributed by atoms with Crippen LogP contribution >= 0.6 is 11.3 Å². The number of benzene rings is 1. The van der Waals surface area contributed by atoms with E-state index in [-0.39, 0.29) is 31.6 Å². The van der Waals surface area contributed by atoms with E-state index in [1.54, 1.807) is 30.5 Å². The van der Waals surface area contributed by atoms with E-state index in [0.717, 1.165) is 12.3 Å². The summed E-state index contributed by atoms with van der Waals surface area (Å²) in [6.45, 7) is 0. The molecule has 0 spiro atoms. The maximum Gasteiger partial charge on any atom is 0.433 e. The van der Waals surface area contributed by atoms with Gasteiger partial charge in [-0.25, -0.2) is 19.3 Å². The average Bonchev–Trinajstić information content (AvgIpc) is 3.25. The van der Waals surface area contributed by atoms with E-state index in [1.807, 2.05) is 0 Å². The number of carbonyl (C=O) groups is 1. The van der Waals surface area contributed by atoms with Crippen molar-refractivity contribution < 1.29 is 27.5 Å². The van der Waals surface area contributed by atoms with Gasteiger partial charge < -0.3 is 10.4 Å². The highest BCUT2D eigenvalue weighted by molar-refractivity contribution is 7.15. The lowest BCUT2D eigenvalue weighted by Crippen LogP contribution is -2.30. The summed E-state index contributed by atoms with van der Waals surface area (Å²) >= 11 is 1.18. The van der Waals surface area contributed by atoms with Crippen LogP contribution in [0.5, 0.6) is 0 Å². The molecule has 3 aromatic rings. The first-order valence-electron chi connectivity index (χ1n) is 9.80. The molecule has 0 amide bonds. The van der Waals surface area contributed by atoms with Gasteiger partial charge in [0.15, 0.2) is 5.67 Å². The fraction of sp³-hybridized carbons (Fsp3) is 0.333. The maximum absolute atomic E-state index is 15.4. The van der Waals surface area contributed by atoms with Crippen molar-refractivity contribution in [1.29, 1.82) is 0 Å². The zero-order valence-corrected chi connectivity index (χ0v) is 17.4. The van der Waals surface area contributed by atoms with Crippen molar-refractivity contribution in [3.05, 3.63) is 53.4 Å². The van der Waals surface area contributed by atoms with Crippen molar-refractivity contribution in [3.63, 3.8) is 0 Å². The van der Waals surface area contributed by atoms with Crippen LogP contribution in [0.1, 0.15) is 36.4 Å². The highest BCUT2D eigenvalue weighted by Crippen LogP contribution is 2.45. The van der Waals surface area contributed by atoms with Crippen LogP contribution in [0.3, 0.4) is 0 Å².